The fourth-order valence-electron chi connectivity index (χ4n) is 5.60. The Morgan fingerprint density at radius 2 is 1.80 bits per heavy atom. The van der Waals surface area contributed by atoms with E-state index in [1.54, 1.807) is 6.07 Å². The molecule has 0 radical (unpaired) electrons. The number of rotatable bonds is 2. The van der Waals surface area contributed by atoms with Crippen molar-refractivity contribution in [2.75, 3.05) is 0 Å². The summed E-state index contributed by atoms with van der Waals surface area (Å²) in [6.07, 6.45) is 2.90. The van der Waals surface area contributed by atoms with Crippen LogP contribution in [0.25, 0.3) is 0 Å². The van der Waals surface area contributed by atoms with E-state index in [1.807, 2.05) is 54.6 Å². The highest BCUT2D eigenvalue weighted by Crippen LogP contribution is 2.77. The second-order valence-electron chi connectivity index (χ2n) is 8.38. The molecule has 2 aliphatic carbocycles. The highest BCUT2D eigenvalue weighted by atomic mass is 79.9. The van der Waals surface area contributed by atoms with Gasteiger partial charge in [0.1, 0.15) is 11.4 Å². The number of aliphatic hydroxyl groups is 1. The van der Waals surface area contributed by atoms with Gasteiger partial charge in [-0.15, -0.1) is 0 Å². The minimum atomic E-state index is -1.89. The van der Waals surface area contributed by atoms with Gasteiger partial charge in [0.2, 0.25) is 5.60 Å². The molecule has 2 saturated carbocycles. The van der Waals surface area contributed by atoms with Crippen molar-refractivity contribution in [3.05, 3.63) is 93.2 Å². The fraction of sp³-hybridized carbons (Fsp3) is 0.250. The monoisotopic (exact) mass is 481 g/mol. The number of carbonyl (C=O) groups is 1. The number of halogens is 2. The molecule has 3 aliphatic rings. The van der Waals surface area contributed by atoms with Crippen LogP contribution in [0.4, 0.5) is 0 Å². The second-order valence-corrected chi connectivity index (χ2v) is 9.74. The predicted octanol–water partition coefficient (Wildman–Crippen LogP) is 5.12. The van der Waals surface area contributed by atoms with Crippen LogP contribution in [0.2, 0.25) is 5.02 Å². The van der Waals surface area contributed by atoms with E-state index in [0.717, 1.165) is 28.4 Å². The van der Waals surface area contributed by atoms with Crippen molar-refractivity contribution in [1.29, 1.82) is 0 Å². The molecular weight excluding hydrogens is 466 g/mol. The van der Waals surface area contributed by atoms with Gasteiger partial charge in [0.05, 0.1) is 5.02 Å². The third kappa shape index (κ3) is 2.06. The first kappa shape index (κ1) is 18.6. The molecule has 2 aromatic carbocycles. The Morgan fingerprint density at radius 1 is 1.10 bits per heavy atom. The van der Waals surface area contributed by atoms with Crippen LogP contribution in [-0.2, 0) is 16.0 Å². The zero-order valence-corrected chi connectivity index (χ0v) is 18.2. The molecule has 2 heterocycles. The lowest BCUT2D eigenvalue weighted by Gasteiger charge is -2.39. The van der Waals surface area contributed by atoms with Gasteiger partial charge >= 0.3 is 0 Å². The molecular formula is C24H17BrClNO3. The normalized spacial score (nSPS) is 30.1. The molecule has 1 aromatic heterocycles. The van der Waals surface area contributed by atoms with Crippen molar-refractivity contribution in [2.24, 2.45) is 5.41 Å². The van der Waals surface area contributed by atoms with Crippen molar-refractivity contribution in [2.45, 2.75) is 30.0 Å². The molecule has 3 aromatic rings. The SMILES string of the molecule is O=C1C2(CC2)C(c2ccccc2)C2(c3ccc(Br)cc3)Oc3cc(Cl)cnc3C12O. The minimum Gasteiger partial charge on any atom is -0.476 e. The molecule has 1 spiro atoms. The van der Waals surface area contributed by atoms with Crippen molar-refractivity contribution >= 4 is 33.3 Å². The summed E-state index contributed by atoms with van der Waals surface area (Å²) >= 11 is 9.66. The van der Waals surface area contributed by atoms with Gasteiger partial charge in [0.25, 0.3) is 0 Å². The lowest BCUT2D eigenvalue weighted by molar-refractivity contribution is -0.152. The Hall–Kier alpha value is -2.21. The van der Waals surface area contributed by atoms with Crippen LogP contribution >= 0.6 is 27.5 Å². The molecule has 2 fully saturated rings. The van der Waals surface area contributed by atoms with E-state index < -0.39 is 16.6 Å². The summed E-state index contributed by atoms with van der Waals surface area (Å²) in [5, 5.41) is 12.6. The highest BCUT2D eigenvalue weighted by molar-refractivity contribution is 9.10. The number of aromatic nitrogens is 1. The molecule has 1 aliphatic heterocycles. The Bertz CT molecular complexity index is 1190. The molecule has 1 N–H and O–H groups in total. The van der Waals surface area contributed by atoms with Gasteiger partial charge in [-0.3, -0.25) is 9.78 Å². The molecule has 0 amide bonds. The van der Waals surface area contributed by atoms with Crippen LogP contribution in [0.15, 0.2) is 71.3 Å². The van der Waals surface area contributed by atoms with Crippen LogP contribution in [0.3, 0.4) is 0 Å². The van der Waals surface area contributed by atoms with Gasteiger partial charge in [-0.1, -0.05) is 70.0 Å². The summed E-state index contributed by atoms with van der Waals surface area (Å²) in [4.78, 5) is 18.4. The second kappa shape index (κ2) is 5.94. The maximum Gasteiger partial charge on any atom is 0.214 e. The first-order valence-electron chi connectivity index (χ1n) is 9.87. The number of Topliss-reactive ketones (excluding diaryl/α,β-unsaturated/α-hetero) is 1. The molecule has 30 heavy (non-hydrogen) atoms. The zero-order chi connectivity index (χ0) is 20.7. The molecule has 4 nitrogen and oxygen atoms in total. The summed E-state index contributed by atoms with van der Waals surface area (Å²) in [7, 11) is 0. The summed E-state index contributed by atoms with van der Waals surface area (Å²) in [5.74, 6) is -0.198. The van der Waals surface area contributed by atoms with E-state index in [4.69, 9.17) is 16.3 Å². The lowest BCUT2D eigenvalue weighted by Crippen LogP contribution is -2.51. The Balaban J connectivity index is 1.71. The zero-order valence-electron chi connectivity index (χ0n) is 15.8. The average Bonchev–Trinajstić information content (AvgIpc) is 3.47. The smallest absolute Gasteiger partial charge is 0.214 e. The number of benzene rings is 2. The number of fused-ring (bicyclic) bond motifs is 3. The van der Waals surface area contributed by atoms with E-state index in [-0.39, 0.29) is 17.4 Å². The number of hydrogen-bond acceptors (Lipinski definition) is 4. The van der Waals surface area contributed by atoms with E-state index in [0.29, 0.717) is 10.8 Å². The predicted molar refractivity (Wildman–Crippen MR) is 115 cm³/mol. The first-order chi connectivity index (χ1) is 14.4. The summed E-state index contributed by atoms with van der Waals surface area (Å²) in [6, 6.07) is 19.1. The maximum absolute atomic E-state index is 14.0. The summed E-state index contributed by atoms with van der Waals surface area (Å²) in [6.45, 7) is 0. The molecule has 6 heteroatoms. The molecule has 0 saturated heterocycles. The van der Waals surface area contributed by atoms with Crippen molar-refractivity contribution in [1.82, 2.24) is 4.98 Å². The Labute approximate surface area is 187 Å². The quantitative estimate of drug-likeness (QED) is 0.551. The van der Waals surface area contributed by atoms with Crippen LogP contribution < -0.4 is 4.74 Å². The van der Waals surface area contributed by atoms with Gasteiger partial charge in [-0.25, -0.2) is 0 Å². The molecule has 6 rings (SSSR count). The van der Waals surface area contributed by atoms with Gasteiger partial charge < -0.3 is 9.84 Å². The van der Waals surface area contributed by atoms with Gasteiger partial charge in [0, 0.05) is 28.1 Å². The van der Waals surface area contributed by atoms with Crippen LogP contribution in [0.1, 0.15) is 35.6 Å². The number of ketones is 1. The number of hydrogen-bond donors (Lipinski definition) is 1. The molecule has 150 valence electrons. The van der Waals surface area contributed by atoms with Gasteiger partial charge in [-0.2, -0.15) is 0 Å². The number of ether oxygens (including phenoxy) is 1. The standard InChI is InChI=1S/C24H17BrClNO3/c25-16-8-6-15(7-9-16)24-19(14-4-2-1-3-5-14)22(10-11-22)21(28)23(24,29)20-18(30-24)12-17(26)13-27-20/h1-9,12-13,19,29H,10-11H2. The van der Waals surface area contributed by atoms with Crippen LogP contribution in [0, 0.1) is 5.41 Å². The van der Waals surface area contributed by atoms with E-state index in [9.17, 15) is 9.90 Å². The third-order valence-electron chi connectivity index (χ3n) is 6.91. The van der Waals surface area contributed by atoms with Gasteiger partial charge in [0.15, 0.2) is 11.4 Å². The van der Waals surface area contributed by atoms with Crippen molar-refractivity contribution in [3.8, 4) is 5.75 Å². The summed E-state index contributed by atoms with van der Waals surface area (Å²) in [5.41, 5.74) is -1.90. The fourth-order valence-corrected chi connectivity index (χ4v) is 6.01. The largest absolute Gasteiger partial charge is 0.476 e. The van der Waals surface area contributed by atoms with Crippen molar-refractivity contribution < 1.29 is 14.6 Å². The highest BCUT2D eigenvalue weighted by Gasteiger charge is 2.84. The van der Waals surface area contributed by atoms with Crippen molar-refractivity contribution in [3.63, 3.8) is 0 Å². The van der Waals surface area contributed by atoms with E-state index >= 15 is 0 Å². The molecule has 0 bridgehead atoms. The minimum absolute atomic E-state index is 0.208. The van der Waals surface area contributed by atoms with Crippen LogP contribution in [0.5, 0.6) is 5.75 Å². The third-order valence-corrected chi connectivity index (χ3v) is 7.64. The first-order valence-corrected chi connectivity index (χ1v) is 11.0. The number of pyridine rings is 1. The van der Waals surface area contributed by atoms with E-state index in [1.165, 1.54) is 6.20 Å². The maximum atomic E-state index is 14.0. The Morgan fingerprint density at radius 3 is 2.47 bits per heavy atom. The topological polar surface area (TPSA) is 59.4 Å². The molecule has 3 unspecified atom stereocenters. The summed E-state index contributed by atoms with van der Waals surface area (Å²) < 4.78 is 7.52. The van der Waals surface area contributed by atoms with Gasteiger partial charge in [-0.05, 0) is 36.1 Å². The number of carbonyl (C=O) groups excluding carboxylic acids is 1. The number of nitrogens with zero attached hydrogens (tertiary/aromatic N) is 1. The lowest BCUT2D eigenvalue weighted by atomic mass is 9.71. The Kier molecular flexibility index (Phi) is 3.67. The molecule has 3 atom stereocenters. The average molecular weight is 483 g/mol. The van der Waals surface area contributed by atoms with E-state index in [2.05, 4.69) is 20.9 Å². The van der Waals surface area contributed by atoms with Crippen LogP contribution in [-0.4, -0.2) is 15.9 Å².